The van der Waals surface area contributed by atoms with Crippen LogP contribution in [-0.2, 0) is 0 Å². The van der Waals surface area contributed by atoms with E-state index in [0.717, 1.165) is 22.8 Å². The average molecular weight is 393 g/mol. The number of nitriles is 1. The van der Waals surface area contributed by atoms with Gasteiger partial charge in [0.05, 0.1) is 17.3 Å². The monoisotopic (exact) mass is 393 g/mol. The predicted molar refractivity (Wildman–Crippen MR) is 117 cm³/mol. The molecule has 1 heterocycles. The lowest BCUT2D eigenvalue weighted by Crippen LogP contribution is -2.03. The van der Waals surface area contributed by atoms with Gasteiger partial charge in [-0.25, -0.2) is 4.98 Å². The SMILES string of the molecule is Cc1cc(Nc2ccc(C#N)cc2)nc(Nc2ccccc2Oc2ccccc2)n1. The molecule has 30 heavy (non-hydrogen) atoms. The maximum Gasteiger partial charge on any atom is 0.229 e. The van der Waals surface area contributed by atoms with Gasteiger partial charge in [0.15, 0.2) is 5.75 Å². The molecule has 0 radical (unpaired) electrons. The summed E-state index contributed by atoms with van der Waals surface area (Å²) in [6.07, 6.45) is 0. The second kappa shape index (κ2) is 8.76. The van der Waals surface area contributed by atoms with Crippen LogP contribution < -0.4 is 15.4 Å². The lowest BCUT2D eigenvalue weighted by Gasteiger charge is -2.13. The third-order valence-corrected chi connectivity index (χ3v) is 4.25. The summed E-state index contributed by atoms with van der Waals surface area (Å²) in [6, 6.07) is 28.4. The van der Waals surface area contributed by atoms with E-state index in [1.807, 2.05) is 79.7 Å². The summed E-state index contributed by atoms with van der Waals surface area (Å²) < 4.78 is 6.00. The van der Waals surface area contributed by atoms with Gasteiger partial charge in [-0.3, -0.25) is 0 Å². The first-order valence-electron chi connectivity index (χ1n) is 9.41. The summed E-state index contributed by atoms with van der Waals surface area (Å²) in [7, 11) is 0. The number of para-hydroxylation sites is 3. The molecule has 0 bridgehead atoms. The van der Waals surface area contributed by atoms with Gasteiger partial charge in [-0.05, 0) is 55.5 Å². The molecule has 0 aliphatic carbocycles. The van der Waals surface area contributed by atoms with E-state index in [1.54, 1.807) is 12.1 Å². The highest BCUT2D eigenvalue weighted by Crippen LogP contribution is 2.31. The maximum atomic E-state index is 8.94. The predicted octanol–water partition coefficient (Wildman–Crippen LogP) is 5.94. The molecule has 0 aliphatic rings. The number of benzene rings is 3. The third-order valence-electron chi connectivity index (χ3n) is 4.25. The fraction of sp³-hybridized carbons (Fsp3) is 0.0417. The number of hydrogen-bond acceptors (Lipinski definition) is 6. The first-order chi connectivity index (χ1) is 14.7. The fourth-order valence-corrected chi connectivity index (χ4v) is 2.86. The Morgan fingerprint density at radius 2 is 1.57 bits per heavy atom. The average Bonchev–Trinajstić information content (AvgIpc) is 2.76. The molecule has 0 atom stereocenters. The van der Waals surface area contributed by atoms with Crippen molar-refractivity contribution in [1.82, 2.24) is 9.97 Å². The number of aryl methyl sites for hydroxylation is 1. The molecular formula is C24H19N5O. The lowest BCUT2D eigenvalue weighted by atomic mass is 10.2. The molecule has 6 nitrogen and oxygen atoms in total. The van der Waals surface area contributed by atoms with Crippen LogP contribution in [0.2, 0.25) is 0 Å². The van der Waals surface area contributed by atoms with Gasteiger partial charge in [-0.1, -0.05) is 30.3 Å². The van der Waals surface area contributed by atoms with Crippen LogP contribution in [0.4, 0.5) is 23.1 Å². The van der Waals surface area contributed by atoms with Crippen LogP contribution in [0.3, 0.4) is 0 Å². The number of hydrogen-bond donors (Lipinski definition) is 2. The number of ether oxygens (including phenoxy) is 1. The fourth-order valence-electron chi connectivity index (χ4n) is 2.86. The van der Waals surface area contributed by atoms with Crippen molar-refractivity contribution in [3.8, 4) is 17.6 Å². The highest BCUT2D eigenvalue weighted by molar-refractivity contribution is 5.65. The van der Waals surface area contributed by atoms with Gasteiger partial charge in [0, 0.05) is 17.4 Å². The minimum atomic E-state index is 0.454. The summed E-state index contributed by atoms with van der Waals surface area (Å²) in [4.78, 5) is 9.05. The molecule has 0 saturated heterocycles. The minimum absolute atomic E-state index is 0.454. The molecule has 0 spiro atoms. The van der Waals surface area contributed by atoms with Gasteiger partial charge in [0.25, 0.3) is 0 Å². The summed E-state index contributed by atoms with van der Waals surface area (Å²) in [5.74, 6) is 2.53. The van der Waals surface area contributed by atoms with E-state index in [9.17, 15) is 0 Å². The van der Waals surface area contributed by atoms with Crippen molar-refractivity contribution in [2.45, 2.75) is 6.92 Å². The van der Waals surface area contributed by atoms with Crippen LogP contribution in [0.1, 0.15) is 11.3 Å². The van der Waals surface area contributed by atoms with E-state index in [2.05, 4.69) is 26.7 Å². The molecule has 0 aliphatic heterocycles. The Kier molecular flexibility index (Phi) is 5.54. The van der Waals surface area contributed by atoms with Crippen molar-refractivity contribution in [2.24, 2.45) is 0 Å². The Morgan fingerprint density at radius 3 is 2.33 bits per heavy atom. The molecule has 0 fully saturated rings. The van der Waals surface area contributed by atoms with E-state index in [1.165, 1.54) is 0 Å². The second-order valence-electron chi connectivity index (χ2n) is 6.57. The molecule has 0 amide bonds. The van der Waals surface area contributed by atoms with Gasteiger partial charge in [0.1, 0.15) is 11.6 Å². The van der Waals surface area contributed by atoms with Crippen molar-refractivity contribution in [3.05, 3.63) is 96.2 Å². The molecule has 3 aromatic carbocycles. The van der Waals surface area contributed by atoms with E-state index in [4.69, 9.17) is 10.00 Å². The van der Waals surface area contributed by atoms with Gasteiger partial charge >= 0.3 is 0 Å². The number of anilines is 4. The van der Waals surface area contributed by atoms with Gasteiger partial charge in [0.2, 0.25) is 5.95 Å². The molecule has 0 saturated carbocycles. The van der Waals surface area contributed by atoms with E-state index in [0.29, 0.717) is 23.1 Å². The van der Waals surface area contributed by atoms with Crippen LogP contribution in [0.5, 0.6) is 11.5 Å². The maximum absolute atomic E-state index is 8.94. The largest absolute Gasteiger partial charge is 0.455 e. The summed E-state index contributed by atoms with van der Waals surface area (Å²) >= 11 is 0. The number of nitrogens with zero attached hydrogens (tertiary/aromatic N) is 3. The van der Waals surface area contributed by atoms with E-state index < -0.39 is 0 Å². The van der Waals surface area contributed by atoms with Crippen molar-refractivity contribution >= 4 is 23.1 Å². The second-order valence-corrected chi connectivity index (χ2v) is 6.57. The zero-order valence-corrected chi connectivity index (χ0v) is 16.3. The molecular weight excluding hydrogens is 374 g/mol. The summed E-state index contributed by atoms with van der Waals surface area (Å²) in [6.45, 7) is 1.91. The van der Waals surface area contributed by atoms with Gasteiger partial charge in [-0.2, -0.15) is 10.2 Å². The third kappa shape index (κ3) is 4.72. The van der Waals surface area contributed by atoms with Crippen LogP contribution in [0.15, 0.2) is 84.9 Å². The van der Waals surface area contributed by atoms with E-state index in [-0.39, 0.29) is 0 Å². The number of aromatic nitrogens is 2. The highest BCUT2D eigenvalue weighted by atomic mass is 16.5. The zero-order chi connectivity index (χ0) is 20.8. The zero-order valence-electron chi connectivity index (χ0n) is 16.3. The Hall–Kier alpha value is -4.37. The summed E-state index contributed by atoms with van der Waals surface area (Å²) in [5, 5.41) is 15.4. The topological polar surface area (TPSA) is 82.9 Å². The molecule has 146 valence electrons. The van der Waals surface area contributed by atoms with Crippen molar-refractivity contribution in [3.63, 3.8) is 0 Å². The number of rotatable bonds is 6. The lowest BCUT2D eigenvalue weighted by molar-refractivity contribution is 0.485. The molecule has 4 rings (SSSR count). The van der Waals surface area contributed by atoms with Crippen LogP contribution in [0, 0.1) is 18.3 Å². The van der Waals surface area contributed by atoms with Crippen LogP contribution in [-0.4, -0.2) is 9.97 Å². The van der Waals surface area contributed by atoms with Crippen LogP contribution >= 0.6 is 0 Å². The van der Waals surface area contributed by atoms with Gasteiger partial charge < -0.3 is 15.4 Å². The smallest absolute Gasteiger partial charge is 0.229 e. The normalized spacial score (nSPS) is 10.1. The molecule has 1 aromatic heterocycles. The number of nitrogens with one attached hydrogen (secondary N) is 2. The van der Waals surface area contributed by atoms with Crippen molar-refractivity contribution in [2.75, 3.05) is 10.6 Å². The first-order valence-corrected chi connectivity index (χ1v) is 9.41. The molecule has 2 N–H and O–H groups in total. The highest BCUT2D eigenvalue weighted by Gasteiger charge is 2.08. The minimum Gasteiger partial charge on any atom is -0.455 e. The Labute approximate surface area is 174 Å². The van der Waals surface area contributed by atoms with Crippen molar-refractivity contribution in [1.29, 1.82) is 5.26 Å². The van der Waals surface area contributed by atoms with E-state index >= 15 is 0 Å². The Morgan fingerprint density at radius 1 is 0.833 bits per heavy atom. The Balaban J connectivity index is 1.56. The first kappa shape index (κ1) is 19.0. The van der Waals surface area contributed by atoms with Crippen LogP contribution in [0.25, 0.3) is 0 Å². The summed E-state index contributed by atoms with van der Waals surface area (Å²) in [5.41, 5.74) is 3.02. The standard InChI is InChI=1S/C24H19N5O/c1-17-15-23(27-19-13-11-18(16-25)12-14-19)29-24(26-17)28-21-9-5-6-10-22(21)30-20-7-3-2-4-8-20/h2-15H,1H3,(H2,26,27,28,29). The molecule has 4 aromatic rings. The van der Waals surface area contributed by atoms with Gasteiger partial charge in [-0.15, -0.1) is 0 Å². The Bertz CT molecular complexity index is 1180. The van der Waals surface area contributed by atoms with Crippen molar-refractivity contribution < 1.29 is 4.74 Å². The molecule has 6 heteroatoms. The molecule has 0 unspecified atom stereocenters. The quantitative estimate of drug-likeness (QED) is 0.422.